The fraction of sp³-hybridized carbons (Fsp3) is 0.227. The van der Waals surface area contributed by atoms with Crippen molar-refractivity contribution in [3.8, 4) is 22.9 Å². The molecule has 4 rings (SSSR count). The molecule has 0 amide bonds. The van der Waals surface area contributed by atoms with Crippen LogP contribution in [0.25, 0.3) is 11.4 Å². The normalized spacial score (nSPS) is 10.8. The number of benzene rings is 1. The molecule has 0 spiro atoms. The Kier molecular flexibility index (Phi) is 7.77. The van der Waals surface area contributed by atoms with E-state index in [0.29, 0.717) is 29.0 Å². The molecule has 0 saturated carbocycles. The summed E-state index contributed by atoms with van der Waals surface area (Å²) < 4.78 is 24.4. The van der Waals surface area contributed by atoms with Gasteiger partial charge in [0.2, 0.25) is 5.82 Å². The first-order valence-corrected chi connectivity index (χ1v) is 11.2. The molecule has 0 aliphatic carbocycles. The highest BCUT2D eigenvalue weighted by Gasteiger charge is 2.11. The van der Waals surface area contributed by atoms with Crippen LogP contribution in [-0.4, -0.2) is 50.1 Å². The van der Waals surface area contributed by atoms with Crippen LogP contribution in [0.5, 0.6) is 11.5 Å². The molecule has 3 aromatic heterocycles. The number of aromatic nitrogens is 6. The summed E-state index contributed by atoms with van der Waals surface area (Å²) in [6, 6.07) is 11.4. The standard InChI is InChI=1S/C22H22FN7O2S/c1-31-10-2-3-11-33-18-12-19(32-17-7-5-16(23)6-8-17)22(25-14-18)26-20-9-4-15(13-24-20)21-27-29-30-28-21/h4-9,12-14H,2-3,10-11H2,1H3,(H,24,25,26)(H,27,28,29,30). The number of unbranched alkanes of at least 4 members (excludes halogenated alkanes) is 1. The van der Waals surface area contributed by atoms with Crippen molar-refractivity contribution in [2.75, 3.05) is 24.8 Å². The van der Waals surface area contributed by atoms with Gasteiger partial charge in [-0.3, -0.25) is 0 Å². The number of nitrogens with one attached hydrogen (secondary N) is 2. The molecule has 0 saturated heterocycles. The van der Waals surface area contributed by atoms with E-state index in [4.69, 9.17) is 9.47 Å². The van der Waals surface area contributed by atoms with Gasteiger partial charge in [-0.15, -0.1) is 22.0 Å². The molecule has 0 aliphatic heterocycles. The summed E-state index contributed by atoms with van der Waals surface area (Å²) in [4.78, 5) is 9.90. The molecule has 0 fully saturated rings. The van der Waals surface area contributed by atoms with E-state index in [0.717, 1.165) is 35.7 Å². The van der Waals surface area contributed by atoms with Gasteiger partial charge in [0.25, 0.3) is 0 Å². The number of H-pyrrole nitrogens is 1. The van der Waals surface area contributed by atoms with Gasteiger partial charge in [0.05, 0.1) is 0 Å². The molecule has 0 aliphatic rings. The van der Waals surface area contributed by atoms with Gasteiger partial charge in [0, 0.05) is 36.6 Å². The van der Waals surface area contributed by atoms with Gasteiger partial charge in [-0.05, 0) is 66.3 Å². The molecular formula is C22H22FN7O2S. The number of methoxy groups -OCH3 is 1. The number of rotatable bonds is 11. The maximum atomic E-state index is 13.3. The summed E-state index contributed by atoms with van der Waals surface area (Å²) in [5.41, 5.74) is 0.727. The number of pyridine rings is 2. The number of ether oxygens (including phenoxy) is 2. The van der Waals surface area contributed by atoms with Crippen molar-refractivity contribution in [3.63, 3.8) is 0 Å². The quantitative estimate of drug-likeness (QED) is 0.236. The molecule has 0 unspecified atom stereocenters. The van der Waals surface area contributed by atoms with Crippen LogP contribution in [0.3, 0.4) is 0 Å². The average Bonchev–Trinajstić information content (AvgIpc) is 3.37. The predicted molar refractivity (Wildman–Crippen MR) is 123 cm³/mol. The van der Waals surface area contributed by atoms with Gasteiger partial charge in [0.1, 0.15) is 17.4 Å². The molecule has 170 valence electrons. The lowest BCUT2D eigenvalue weighted by Gasteiger charge is -2.13. The van der Waals surface area contributed by atoms with E-state index < -0.39 is 0 Å². The summed E-state index contributed by atoms with van der Waals surface area (Å²) in [5, 5.41) is 17.0. The zero-order valence-electron chi connectivity index (χ0n) is 17.9. The summed E-state index contributed by atoms with van der Waals surface area (Å²) in [6.45, 7) is 0.749. The maximum Gasteiger partial charge on any atom is 0.206 e. The third kappa shape index (κ3) is 6.46. The number of nitrogens with zero attached hydrogens (tertiary/aromatic N) is 5. The molecule has 9 nitrogen and oxygen atoms in total. The molecular weight excluding hydrogens is 445 g/mol. The first kappa shape index (κ1) is 22.6. The van der Waals surface area contributed by atoms with Crippen LogP contribution in [0.4, 0.5) is 16.0 Å². The largest absolute Gasteiger partial charge is 0.453 e. The van der Waals surface area contributed by atoms with Crippen LogP contribution in [0, 0.1) is 5.82 Å². The fourth-order valence-electron chi connectivity index (χ4n) is 2.85. The number of tetrazole rings is 1. The third-order valence-electron chi connectivity index (χ3n) is 4.49. The van der Waals surface area contributed by atoms with Crippen LogP contribution in [0.2, 0.25) is 0 Å². The van der Waals surface area contributed by atoms with Crippen LogP contribution in [0.1, 0.15) is 12.8 Å². The van der Waals surface area contributed by atoms with E-state index >= 15 is 0 Å². The molecule has 0 atom stereocenters. The van der Waals surface area contributed by atoms with E-state index in [2.05, 4.69) is 35.9 Å². The highest BCUT2D eigenvalue weighted by atomic mass is 32.2. The molecule has 0 radical (unpaired) electrons. The Labute approximate surface area is 194 Å². The Bertz CT molecular complexity index is 1140. The van der Waals surface area contributed by atoms with Crippen LogP contribution < -0.4 is 10.1 Å². The molecule has 33 heavy (non-hydrogen) atoms. The second kappa shape index (κ2) is 11.3. The fourth-order valence-corrected chi connectivity index (χ4v) is 3.75. The van der Waals surface area contributed by atoms with Gasteiger partial charge in [-0.2, -0.15) is 5.21 Å². The zero-order chi connectivity index (χ0) is 22.9. The van der Waals surface area contributed by atoms with Crippen molar-refractivity contribution in [2.45, 2.75) is 17.7 Å². The molecule has 11 heteroatoms. The lowest BCUT2D eigenvalue weighted by atomic mass is 10.2. The molecule has 0 bridgehead atoms. The van der Waals surface area contributed by atoms with Crippen molar-refractivity contribution in [1.29, 1.82) is 0 Å². The second-order valence-electron chi connectivity index (χ2n) is 6.91. The Hall–Kier alpha value is -3.57. The van der Waals surface area contributed by atoms with Gasteiger partial charge in [0.15, 0.2) is 11.6 Å². The van der Waals surface area contributed by atoms with Crippen LogP contribution in [0.15, 0.2) is 59.8 Å². The van der Waals surface area contributed by atoms with E-state index in [1.807, 2.05) is 12.1 Å². The maximum absolute atomic E-state index is 13.3. The van der Waals surface area contributed by atoms with Gasteiger partial charge < -0.3 is 14.8 Å². The van der Waals surface area contributed by atoms with Crippen molar-refractivity contribution >= 4 is 23.4 Å². The minimum atomic E-state index is -0.329. The van der Waals surface area contributed by atoms with E-state index in [9.17, 15) is 4.39 Å². The minimum absolute atomic E-state index is 0.329. The minimum Gasteiger partial charge on any atom is -0.453 e. The SMILES string of the molecule is COCCCCSc1cnc(Nc2ccc(-c3nn[nH]n3)cn2)c(Oc2ccc(F)cc2)c1. The van der Waals surface area contributed by atoms with Crippen molar-refractivity contribution in [3.05, 3.63) is 60.7 Å². The van der Waals surface area contributed by atoms with Crippen molar-refractivity contribution < 1.29 is 13.9 Å². The number of aromatic amines is 1. The molecule has 1 aromatic carbocycles. The lowest BCUT2D eigenvalue weighted by Crippen LogP contribution is -2.00. The number of hydrogen-bond donors (Lipinski definition) is 2. The summed E-state index contributed by atoms with van der Waals surface area (Å²) in [5.74, 6) is 3.13. The zero-order valence-corrected chi connectivity index (χ0v) is 18.7. The highest BCUT2D eigenvalue weighted by Crippen LogP contribution is 2.34. The topological polar surface area (TPSA) is 111 Å². The Balaban J connectivity index is 1.51. The predicted octanol–water partition coefficient (Wildman–Crippen LogP) is 4.85. The summed E-state index contributed by atoms with van der Waals surface area (Å²) >= 11 is 1.69. The van der Waals surface area contributed by atoms with Gasteiger partial charge >= 0.3 is 0 Å². The van der Waals surface area contributed by atoms with Crippen LogP contribution in [-0.2, 0) is 4.74 Å². The van der Waals surface area contributed by atoms with E-state index in [-0.39, 0.29) is 5.82 Å². The molecule has 4 aromatic rings. The highest BCUT2D eigenvalue weighted by molar-refractivity contribution is 7.99. The molecule has 3 heterocycles. The van der Waals surface area contributed by atoms with Crippen LogP contribution >= 0.6 is 11.8 Å². The third-order valence-corrected chi connectivity index (χ3v) is 5.54. The van der Waals surface area contributed by atoms with Crippen molar-refractivity contribution in [2.24, 2.45) is 0 Å². The number of halogens is 1. The number of hydrogen-bond acceptors (Lipinski definition) is 9. The molecule has 2 N–H and O–H groups in total. The first-order chi connectivity index (χ1) is 16.2. The smallest absolute Gasteiger partial charge is 0.206 e. The number of thioether (sulfide) groups is 1. The summed E-state index contributed by atoms with van der Waals surface area (Å²) in [6.07, 6.45) is 5.46. The lowest BCUT2D eigenvalue weighted by molar-refractivity contribution is 0.194. The van der Waals surface area contributed by atoms with E-state index in [1.54, 1.807) is 49.5 Å². The first-order valence-electron chi connectivity index (χ1n) is 10.2. The number of anilines is 2. The monoisotopic (exact) mass is 467 g/mol. The second-order valence-corrected chi connectivity index (χ2v) is 8.08. The Morgan fingerprint density at radius 2 is 1.94 bits per heavy atom. The average molecular weight is 468 g/mol. The van der Waals surface area contributed by atoms with E-state index in [1.165, 1.54) is 12.1 Å². The summed E-state index contributed by atoms with van der Waals surface area (Å²) in [7, 11) is 1.70. The van der Waals surface area contributed by atoms with Crippen molar-refractivity contribution in [1.82, 2.24) is 30.6 Å². The Morgan fingerprint density at radius 3 is 2.67 bits per heavy atom. The van der Waals surface area contributed by atoms with Gasteiger partial charge in [-0.25, -0.2) is 14.4 Å². The Morgan fingerprint density at radius 1 is 1.06 bits per heavy atom. The van der Waals surface area contributed by atoms with Gasteiger partial charge in [-0.1, -0.05) is 0 Å².